The van der Waals surface area contributed by atoms with Crippen molar-refractivity contribution in [2.45, 2.75) is 12.6 Å². The molecule has 0 fully saturated rings. The summed E-state index contributed by atoms with van der Waals surface area (Å²) in [5.41, 5.74) is 0.0674. The summed E-state index contributed by atoms with van der Waals surface area (Å²) >= 11 is 0. The van der Waals surface area contributed by atoms with Gasteiger partial charge in [-0.1, -0.05) is 6.07 Å². The summed E-state index contributed by atoms with van der Waals surface area (Å²) in [6.45, 7) is 0.180. The molecule has 0 aliphatic heterocycles. The SMILES string of the molecule is COCc1ccc(C(=O)NC(C(=O)O)c2ccc(OC)c(F)c2)o1. The van der Waals surface area contributed by atoms with Crippen LogP contribution in [0, 0.1) is 5.82 Å². The first kappa shape index (κ1) is 17.5. The molecule has 1 aromatic heterocycles. The van der Waals surface area contributed by atoms with E-state index in [1.807, 2.05) is 0 Å². The Morgan fingerprint density at radius 3 is 2.62 bits per heavy atom. The van der Waals surface area contributed by atoms with Crippen LogP contribution in [0.2, 0.25) is 0 Å². The summed E-state index contributed by atoms with van der Waals surface area (Å²) < 4.78 is 28.6. The number of nitrogens with one attached hydrogen (secondary N) is 1. The number of methoxy groups -OCH3 is 2. The number of ether oxygens (including phenoxy) is 2. The Morgan fingerprint density at radius 2 is 2.04 bits per heavy atom. The monoisotopic (exact) mass is 337 g/mol. The molecule has 1 amide bonds. The number of carboxylic acid groups (broad SMARTS) is 1. The fraction of sp³-hybridized carbons (Fsp3) is 0.250. The molecule has 0 spiro atoms. The van der Waals surface area contributed by atoms with Crippen LogP contribution in [0.15, 0.2) is 34.7 Å². The zero-order chi connectivity index (χ0) is 17.7. The van der Waals surface area contributed by atoms with E-state index >= 15 is 0 Å². The normalized spacial score (nSPS) is 11.8. The third kappa shape index (κ3) is 3.90. The van der Waals surface area contributed by atoms with Crippen LogP contribution < -0.4 is 10.1 Å². The van der Waals surface area contributed by atoms with E-state index in [1.165, 1.54) is 32.4 Å². The van der Waals surface area contributed by atoms with Crippen LogP contribution in [-0.4, -0.2) is 31.2 Å². The highest BCUT2D eigenvalue weighted by Crippen LogP contribution is 2.22. The highest BCUT2D eigenvalue weighted by Gasteiger charge is 2.25. The zero-order valence-corrected chi connectivity index (χ0v) is 13.0. The van der Waals surface area contributed by atoms with Gasteiger partial charge in [-0.05, 0) is 29.8 Å². The summed E-state index contributed by atoms with van der Waals surface area (Å²) in [5, 5.41) is 11.6. The third-order valence-corrected chi connectivity index (χ3v) is 3.20. The molecule has 0 saturated heterocycles. The highest BCUT2D eigenvalue weighted by molar-refractivity contribution is 5.94. The van der Waals surface area contributed by atoms with E-state index in [0.29, 0.717) is 5.76 Å². The van der Waals surface area contributed by atoms with E-state index in [-0.39, 0.29) is 23.7 Å². The minimum Gasteiger partial charge on any atom is -0.494 e. The minimum atomic E-state index is -1.44. The summed E-state index contributed by atoms with van der Waals surface area (Å²) in [4.78, 5) is 23.6. The molecule has 1 aromatic carbocycles. The van der Waals surface area contributed by atoms with E-state index < -0.39 is 23.7 Å². The number of aliphatic carboxylic acids is 1. The first-order valence-corrected chi connectivity index (χ1v) is 6.91. The fourth-order valence-corrected chi connectivity index (χ4v) is 2.07. The summed E-state index contributed by atoms with van der Waals surface area (Å²) in [5.74, 6) is -2.47. The topological polar surface area (TPSA) is 98.0 Å². The minimum absolute atomic E-state index is 0.0237. The fourth-order valence-electron chi connectivity index (χ4n) is 2.07. The highest BCUT2D eigenvalue weighted by atomic mass is 19.1. The molecule has 2 aromatic rings. The molecular weight excluding hydrogens is 321 g/mol. The first-order chi connectivity index (χ1) is 11.5. The predicted octanol–water partition coefficient (Wildman–Crippen LogP) is 2.13. The lowest BCUT2D eigenvalue weighted by Crippen LogP contribution is -2.33. The van der Waals surface area contributed by atoms with Crippen LogP contribution >= 0.6 is 0 Å². The first-order valence-electron chi connectivity index (χ1n) is 6.91. The largest absolute Gasteiger partial charge is 0.494 e. The molecule has 7 nitrogen and oxygen atoms in total. The number of rotatable bonds is 7. The van der Waals surface area contributed by atoms with Crippen LogP contribution in [-0.2, 0) is 16.1 Å². The van der Waals surface area contributed by atoms with Crippen molar-refractivity contribution in [1.29, 1.82) is 0 Å². The van der Waals surface area contributed by atoms with Gasteiger partial charge in [0.1, 0.15) is 12.4 Å². The van der Waals surface area contributed by atoms with Crippen LogP contribution in [0.5, 0.6) is 5.75 Å². The number of furan rings is 1. The number of hydrogen-bond acceptors (Lipinski definition) is 5. The van der Waals surface area contributed by atoms with Crippen LogP contribution in [0.1, 0.15) is 27.9 Å². The van der Waals surface area contributed by atoms with Crippen molar-refractivity contribution in [3.63, 3.8) is 0 Å². The van der Waals surface area contributed by atoms with E-state index in [0.717, 1.165) is 6.07 Å². The molecule has 128 valence electrons. The molecule has 0 saturated carbocycles. The maximum absolute atomic E-state index is 13.8. The number of hydrogen-bond donors (Lipinski definition) is 2. The lowest BCUT2D eigenvalue weighted by Gasteiger charge is -2.15. The van der Waals surface area contributed by atoms with E-state index in [2.05, 4.69) is 5.32 Å². The van der Waals surface area contributed by atoms with Gasteiger partial charge >= 0.3 is 5.97 Å². The third-order valence-electron chi connectivity index (χ3n) is 3.20. The van der Waals surface area contributed by atoms with Crippen molar-refractivity contribution in [1.82, 2.24) is 5.32 Å². The smallest absolute Gasteiger partial charge is 0.330 e. The van der Waals surface area contributed by atoms with Crippen LogP contribution in [0.3, 0.4) is 0 Å². The number of amides is 1. The van der Waals surface area contributed by atoms with Crippen molar-refractivity contribution in [3.05, 3.63) is 53.2 Å². The molecule has 24 heavy (non-hydrogen) atoms. The Hall–Kier alpha value is -2.87. The molecule has 2 N–H and O–H groups in total. The van der Waals surface area contributed by atoms with Gasteiger partial charge in [-0.2, -0.15) is 0 Å². The van der Waals surface area contributed by atoms with Gasteiger partial charge in [0.05, 0.1) is 7.11 Å². The van der Waals surface area contributed by atoms with E-state index in [4.69, 9.17) is 13.9 Å². The molecular formula is C16H16FNO6. The van der Waals surface area contributed by atoms with Crippen molar-refractivity contribution in [2.75, 3.05) is 14.2 Å². The van der Waals surface area contributed by atoms with Gasteiger partial charge in [0.15, 0.2) is 23.4 Å². The molecule has 0 aliphatic carbocycles. The molecule has 8 heteroatoms. The van der Waals surface area contributed by atoms with Gasteiger partial charge < -0.3 is 24.3 Å². The van der Waals surface area contributed by atoms with E-state index in [1.54, 1.807) is 6.07 Å². The van der Waals surface area contributed by atoms with Crippen LogP contribution in [0.4, 0.5) is 4.39 Å². The number of halogens is 1. The molecule has 0 aliphatic rings. The average Bonchev–Trinajstić information content (AvgIpc) is 3.01. The Balaban J connectivity index is 2.20. The Bertz CT molecular complexity index is 742. The lowest BCUT2D eigenvalue weighted by atomic mass is 10.1. The second kappa shape index (κ2) is 7.60. The molecule has 0 radical (unpaired) electrons. The Labute approximate surface area is 137 Å². The van der Waals surface area contributed by atoms with Crippen molar-refractivity contribution >= 4 is 11.9 Å². The van der Waals surface area contributed by atoms with Gasteiger partial charge in [0.2, 0.25) is 0 Å². The van der Waals surface area contributed by atoms with Crippen LogP contribution in [0.25, 0.3) is 0 Å². The molecule has 0 bridgehead atoms. The summed E-state index contributed by atoms with van der Waals surface area (Å²) in [6, 6.07) is 5.15. The molecule has 1 unspecified atom stereocenters. The lowest BCUT2D eigenvalue weighted by molar-refractivity contribution is -0.139. The van der Waals surface area contributed by atoms with Gasteiger partial charge in [0, 0.05) is 7.11 Å². The summed E-state index contributed by atoms with van der Waals surface area (Å²) in [7, 11) is 2.77. The second-order valence-electron chi connectivity index (χ2n) is 4.84. The van der Waals surface area contributed by atoms with Gasteiger partial charge in [0.25, 0.3) is 5.91 Å². The van der Waals surface area contributed by atoms with Crippen molar-refractivity contribution in [2.24, 2.45) is 0 Å². The molecule has 1 heterocycles. The van der Waals surface area contributed by atoms with Gasteiger partial charge in [-0.3, -0.25) is 4.79 Å². The molecule has 2 rings (SSSR count). The maximum atomic E-state index is 13.8. The van der Waals surface area contributed by atoms with Crippen molar-refractivity contribution < 1.29 is 33.0 Å². The Kier molecular flexibility index (Phi) is 5.54. The maximum Gasteiger partial charge on any atom is 0.330 e. The average molecular weight is 337 g/mol. The quantitative estimate of drug-likeness (QED) is 0.803. The number of benzene rings is 1. The van der Waals surface area contributed by atoms with Crippen molar-refractivity contribution in [3.8, 4) is 5.75 Å². The predicted molar refractivity (Wildman–Crippen MR) is 80.2 cm³/mol. The Morgan fingerprint density at radius 1 is 1.29 bits per heavy atom. The zero-order valence-electron chi connectivity index (χ0n) is 13.0. The van der Waals surface area contributed by atoms with Gasteiger partial charge in [-0.25, -0.2) is 9.18 Å². The number of carbonyl (C=O) groups is 2. The van der Waals surface area contributed by atoms with E-state index in [9.17, 15) is 19.1 Å². The second-order valence-corrected chi connectivity index (χ2v) is 4.84. The summed E-state index contributed by atoms with van der Waals surface area (Å²) in [6.07, 6.45) is 0. The number of carboxylic acids is 1. The number of carbonyl (C=O) groups excluding carboxylic acids is 1. The van der Waals surface area contributed by atoms with Gasteiger partial charge in [-0.15, -0.1) is 0 Å². The molecule has 1 atom stereocenters. The standard InChI is InChI=1S/C16H16FNO6/c1-22-8-10-4-6-13(24-10)15(19)18-14(16(20)21)9-3-5-12(23-2)11(17)7-9/h3-7,14H,8H2,1-2H3,(H,18,19)(H,20,21).